The summed E-state index contributed by atoms with van der Waals surface area (Å²) < 4.78 is 0. The van der Waals surface area contributed by atoms with Crippen LogP contribution >= 0.6 is 0 Å². The first-order valence-corrected chi connectivity index (χ1v) is 6.55. The summed E-state index contributed by atoms with van der Waals surface area (Å²) in [5, 5.41) is 12.0. The maximum absolute atomic E-state index is 12.0. The van der Waals surface area contributed by atoms with Crippen molar-refractivity contribution in [2.45, 2.75) is 6.54 Å². The highest BCUT2D eigenvalue weighted by molar-refractivity contribution is 5.94. The predicted molar refractivity (Wildman–Crippen MR) is 81.7 cm³/mol. The molecule has 21 heavy (non-hydrogen) atoms. The van der Waals surface area contributed by atoms with Gasteiger partial charge in [-0.05, 0) is 35.9 Å². The molecule has 4 nitrogen and oxygen atoms in total. The molecule has 0 aromatic heterocycles. The van der Waals surface area contributed by atoms with Crippen molar-refractivity contribution in [2.75, 3.05) is 6.54 Å². The number of carbonyl (C=O) groups is 1. The molecular formula is C17H16N2O2. The lowest BCUT2D eigenvalue weighted by Gasteiger charge is -2.07. The van der Waals surface area contributed by atoms with Crippen LogP contribution in [0.3, 0.4) is 0 Å². The zero-order chi connectivity index (χ0) is 15.1. The van der Waals surface area contributed by atoms with E-state index in [9.17, 15) is 9.90 Å². The summed E-state index contributed by atoms with van der Waals surface area (Å²) in [5.41, 5.74) is 7.66. The second kappa shape index (κ2) is 7.13. The van der Waals surface area contributed by atoms with Crippen molar-refractivity contribution >= 4 is 5.91 Å². The van der Waals surface area contributed by atoms with Crippen LogP contribution < -0.4 is 11.1 Å². The van der Waals surface area contributed by atoms with Crippen molar-refractivity contribution in [1.29, 1.82) is 0 Å². The Hall–Kier alpha value is -2.77. The highest BCUT2D eigenvalue weighted by Gasteiger charge is 2.06. The predicted octanol–water partition coefficient (Wildman–Crippen LogP) is 1.63. The van der Waals surface area contributed by atoms with Crippen LogP contribution in [0.1, 0.15) is 21.5 Å². The van der Waals surface area contributed by atoms with Crippen molar-refractivity contribution in [3.05, 3.63) is 65.2 Å². The number of hydrogen-bond donors (Lipinski definition) is 3. The van der Waals surface area contributed by atoms with Gasteiger partial charge in [0, 0.05) is 17.7 Å². The quantitative estimate of drug-likeness (QED) is 0.748. The smallest absolute Gasteiger partial charge is 0.251 e. The number of carbonyl (C=O) groups excluding carboxylic acids is 1. The number of rotatable bonds is 3. The molecule has 2 rings (SSSR count). The molecule has 2 aromatic rings. The van der Waals surface area contributed by atoms with Crippen molar-refractivity contribution in [1.82, 2.24) is 5.32 Å². The number of phenols is 1. The summed E-state index contributed by atoms with van der Waals surface area (Å²) in [6.07, 6.45) is 0. The molecule has 0 unspecified atom stereocenters. The fourth-order valence-corrected chi connectivity index (χ4v) is 1.83. The second-order valence-electron chi connectivity index (χ2n) is 4.39. The van der Waals surface area contributed by atoms with Gasteiger partial charge < -0.3 is 16.2 Å². The Kier molecular flexibility index (Phi) is 4.97. The van der Waals surface area contributed by atoms with E-state index in [1.807, 2.05) is 24.3 Å². The van der Waals surface area contributed by atoms with Crippen molar-refractivity contribution in [2.24, 2.45) is 5.73 Å². The minimum Gasteiger partial charge on any atom is -0.508 e. The zero-order valence-corrected chi connectivity index (χ0v) is 11.5. The monoisotopic (exact) mass is 280 g/mol. The molecule has 0 fully saturated rings. The van der Waals surface area contributed by atoms with E-state index >= 15 is 0 Å². The van der Waals surface area contributed by atoms with E-state index in [4.69, 9.17) is 5.73 Å². The third-order valence-corrected chi connectivity index (χ3v) is 2.91. The standard InChI is InChI=1S/C17H16N2O2/c18-11-3-6-13-4-1-2-5-15(13)12-19-17(21)14-7-9-16(20)10-8-14/h1-2,4-5,7-10,20H,11-12,18H2,(H,19,21). The number of nitrogens with one attached hydrogen (secondary N) is 1. The highest BCUT2D eigenvalue weighted by atomic mass is 16.3. The van der Waals surface area contributed by atoms with Crippen LogP contribution in [-0.2, 0) is 6.54 Å². The van der Waals surface area contributed by atoms with E-state index in [1.54, 1.807) is 12.1 Å². The van der Waals surface area contributed by atoms with Gasteiger partial charge in [-0.15, -0.1) is 0 Å². The number of hydrogen-bond acceptors (Lipinski definition) is 3. The summed E-state index contributed by atoms with van der Waals surface area (Å²) in [7, 11) is 0. The van der Waals surface area contributed by atoms with Gasteiger partial charge in [-0.2, -0.15) is 0 Å². The number of nitrogens with two attached hydrogens (primary N) is 1. The molecule has 0 aliphatic carbocycles. The first-order chi connectivity index (χ1) is 10.2. The van der Waals surface area contributed by atoms with Gasteiger partial charge in [0.2, 0.25) is 0 Å². The maximum atomic E-state index is 12.0. The average molecular weight is 280 g/mol. The Bertz CT molecular complexity index is 682. The molecule has 0 aliphatic heterocycles. The molecule has 0 bridgehead atoms. The van der Waals surface area contributed by atoms with Crippen LogP contribution in [-0.4, -0.2) is 17.6 Å². The highest BCUT2D eigenvalue weighted by Crippen LogP contribution is 2.10. The third kappa shape index (κ3) is 4.10. The van der Waals surface area contributed by atoms with Crippen molar-refractivity contribution < 1.29 is 9.90 Å². The fourth-order valence-electron chi connectivity index (χ4n) is 1.83. The summed E-state index contributed by atoms with van der Waals surface area (Å²) >= 11 is 0. The Balaban J connectivity index is 2.06. The fraction of sp³-hybridized carbons (Fsp3) is 0.118. The minimum absolute atomic E-state index is 0.133. The molecule has 0 saturated heterocycles. The van der Waals surface area contributed by atoms with Gasteiger partial charge in [-0.3, -0.25) is 4.79 Å². The Morgan fingerprint density at radius 1 is 1.14 bits per heavy atom. The van der Waals surface area contributed by atoms with E-state index in [1.165, 1.54) is 12.1 Å². The molecular weight excluding hydrogens is 264 g/mol. The number of aromatic hydroxyl groups is 1. The van der Waals surface area contributed by atoms with Crippen LogP contribution in [0, 0.1) is 11.8 Å². The molecule has 0 saturated carbocycles. The Labute approximate surface area is 123 Å². The minimum atomic E-state index is -0.198. The molecule has 0 heterocycles. The number of phenolic OH excluding ortho intramolecular Hbond substituents is 1. The molecule has 1 amide bonds. The van der Waals surface area contributed by atoms with E-state index in [0.717, 1.165) is 11.1 Å². The molecule has 2 aromatic carbocycles. The normalized spacial score (nSPS) is 9.57. The Morgan fingerprint density at radius 3 is 2.57 bits per heavy atom. The molecule has 4 N–H and O–H groups in total. The van der Waals surface area contributed by atoms with Gasteiger partial charge in [0.1, 0.15) is 5.75 Å². The Morgan fingerprint density at radius 2 is 1.86 bits per heavy atom. The van der Waals surface area contributed by atoms with Crippen LogP contribution in [0.15, 0.2) is 48.5 Å². The van der Waals surface area contributed by atoms with Crippen LogP contribution in [0.5, 0.6) is 5.75 Å². The summed E-state index contributed by atoms with van der Waals surface area (Å²) in [4.78, 5) is 12.0. The lowest BCUT2D eigenvalue weighted by molar-refractivity contribution is 0.0951. The molecule has 0 spiro atoms. The molecule has 106 valence electrons. The van der Waals surface area contributed by atoms with Crippen LogP contribution in [0.2, 0.25) is 0 Å². The summed E-state index contributed by atoms with van der Waals surface area (Å²) in [5.74, 6) is 5.73. The first-order valence-electron chi connectivity index (χ1n) is 6.55. The lowest BCUT2D eigenvalue weighted by Crippen LogP contribution is -2.23. The topological polar surface area (TPSA) is 75.3 Å². The van der Waals surface area contributed by atoms with Gasteiger partial charge in [0.05, 0.1) is 6.54 Å². The van der Waals surface area contributed by atoms with E-state index in [0.29, 0.717) is 18.7 Å². The van der Waals surface area contributed by atoms with Crippen molar-refractivity contribution in [3.63, 3.8) is 0 Å². The van der Waals surface area contributed by atoms with Gasteiger partial charge in [0.15, 0.2) is 0 Å². The van der Waals surface area contributed by atoms with E-state index < -0.39 is 0 Å². The SMILES string of the molecule is NCC#Cc1ccccc1CNC(=O)c1ccc(O)cc1. The van der Waals surface area contributed by atoms with E-state index in [2.05, 4.69) is 17.2 Å². The number of amides is 1. The van der Waals surface area contributed by atoms with Crippen LogP contribution in [0.25, 0.3) is 0 Å². The second-order valence-corrected chi connectivity index (χ2v) is 4.39. The molecule has 0 atom stereocenters. The third-order valence-electron chi connectivity index (χ3n) is 2.91. The molecule has 0 aliphatic rings. The van der Waals surface area contributed by atoms with Gasteiger partial charge >= 0.3 is 0 Å². The number of benzene rings is 2. The van der Waals surface area contributed by atoms with Gasteiger partial charge in [-0.25, -0.2) is 0 Å². The molecule has 4 heteroatoms. The first kappa shape index (κ1) is 14.6. The lowest BCUT2D eigenvalue weighted by atomic mass is 10.1. The largest absolute Gasteiger partial charge is 0.508 e. The molecule has 0 radical (unpaired) electrons. The van der Waals surface area contributed by atoms with E-state index in [-0.39, 0.29) is 11.7 Å². The maximum Gasteiger partial charge on any atom is 0.251 e. The zero-order valence-electron chi connectivity index (χ0n) is 11.5. The van der Waals surface area contributed by atoms with Crippen LogP contribution in [0.4, 0.5) is 0 Å². The van der Waals surface area contributed by atoms with Gasteiger partial charge in [-0.1, -0.05) is 30.0 Å². The van der Waals surface area contributed by atoms with Crippen molar-refractivity contribution in [3.8, 4) is 17.6 Å². The summed E-state index contributed by atoms with van der Waals surface area (Å²) in [6.45, 7) is 0.684. The van der Waals surface area contributed by atoms with Gasteiger partial charge in [0.25, 0.3) is 5.91 Å². The summed E-state index contributed by atoms with van der Waals surface area (Å²) in [6, 6.07) is 13.7. The average Bonchev–Trinajstić information content (AvgIpc) is 2.52.